The number of amides is 1. The van der Waals surface area contributed by atoms with Crippen molar-refractivity contribution in [3.05, 3.63) is 41.5 Å². The summed E-state index contributed by atoms with van der Waals surface area (Å²) >= 11 is 0. The van der Waals surface area contributed by atoms with Crippen LogP contribution in [0, 0.1) is 5.92 Å². The van der Waals surface area contributed by atoms with Crippen molar-refractivity contribution in [3.63, 3.8) is 0 Å². The fourth-order valence-electron chi connectivity index (χ4n) is 2.54. The molecule has 1 aromatic heterocycles. The van der Waals surface area contributed by atoms with E-state index < -0.39 is 0 Å². The van der Waals surface area contributed by atoms with E-state index in [-0.39, 0.29) is 17.7 Å². The molecule has 3 rings (SSSR count). The Morgan fingerprint density at radius 1 is 1.39 bits per heavy atom. The third-order valence-corrected chi connectivity index (χ3v) is 3.89. The molecule has 23 heavy (non-hydrogen) atoms. The highest BCUT2D eigenvalue weighted by atomic mass is 16.5. The van der Waals surface area contributed by atoms with Crippen LogP contribution in [-0.4, -0.2) is 29.2 Å². The summed E-state index contributed by atoms with van der Waals surface area (Å²) in [5, 5.41) is 6.83. The van der Waals surface area contributed by atoms with Crippen molar-refractivity contribution in [1.29, 1.82) is 0 Å². The number of nitrogens with one attached hydrogen (secondary N) is 1. The Morgan fingerprint density at radius 2 is 2.22 bits per heavy atom. The van der Waals surface area contributed by atoms with Crippen LogP contribution in [0.25, 0.3) is 0 Å². The molecule has 1 aliphatic heterocycles. The molecule has 0 aliphatic carbocycles. The topological polar surface area (TPSA) is 77.2 Å². The van der Waals surface area contributed by atoms with Crippen molar-refractivity contribution in [3.8, 4) is 5.75 Å². The first-order valence-corrected chi connectivity index (χ1v) is 7.94. The van der Waals surface area contributed by atoms with E-state index in [0.717, 1.165) is 11.3 Å². The summed E-state index contributed by atoms with van der Waals surface area (Å²) in [5.74, 6) is 2.22. The van der Waals surface area contributed by atoms with Crippen LogP contribution >= 0.6 is 0 Å². The molecule has 0 spiro atoms. The van der Waals surface area contributed by atoms with Crippen LogP contribution < -0.4 is 10.1 Å². The van der Waals surface area contributed by atoms with E-state index in [1.54, 1.807) is 0 Å². The zero-order valence-electron chi connectivity index (χ0n) is 13.4. The lowest BCUT2D eigenvalue weighted by atomic mass is 9.96. The van der Waals surface area contributed by atoms with Crippen LogP contribution in [0.5, 0.6) is 5.75 Å². The lowest BCUT2D eigenvalue weighted by Gasteiger charge is -2.24. The summed E-state index contributed by atoms with van der Waals surface area (Å²) in [7, 11) is 0. The molecule has 1 atom stereocenters. The van der Waals surface area contributed by atoms with Gasteiger partial charge in [-0.25, -0.2) is 0 Å². The first kappa shape index (κ1) is 15.5. The molecular formula is C17H21N3O3. The van der Waals surface area contributed by atoms with Gasteiger partial charge in [-0.15, -0.1) is 0 Å². The second-order valence-electron chi connectivity index (χ2n) is 6.06. The average molecular weight is 315 g/mol. The van der Waals surface area contributed by atoms with Crippen molar-refractivity contribution in [2.75, 3.05) is 13.2 Å². The van der Waals surface area contributed by atoms with E-state index in [4.69, 9.17) is 9.26 Å². The van der Waals surface area contributed by atoms with E-state index in [2.05, 4.69) is 15.5 Å². The normalized spacial score (nSPS) is 16.7. The minimum absolute atomic E-state index is 0.00287. The van der Waals surface area contributed by atoms with Gasteiger partial charge in [0.1, 0.15) is 12.4 Å². The predicted molar refractivity (Wildman–Crippen MR) is 84.2 cm³/mol. The van der Waals surface area contributed by atoms with Gasteiger partial charge in [-0.3, -0.25) is 4.79 Å². The summed E-state index contributed by atoms with van der Waals surface area (Å²) in [6, 6.07) is 7.84. The molecule has 0 fully saturated rings. The fraction of sp³-hybridized carbons (Fsp3) is 0.471. The maximum absolute atomic E-state index is 12.3. The molecule has 1 aliphatic rings. The largest absolute Gasteiger partial charge is 0.492 e. The molecule has 6 nitrogen and oxygen atoms in total. The monoisotopic (exact) mass is 315 g/mol. The number of rotatable bonds is 5. The molecule has 0 saturated heterocycles. The molecule has 122 valence electrons. The van der Waals surface area contributed by atoms with E-state index in [9.17, 15) is 4.79 Å². The number of fused-ring (bicyclic) bond motifs is 1. The molecule has 0 radical (unpaired) electrons. The molecule has 1 N–H and O–H groups in total. The van der Waals surface area contributed by atoms with Crippen LogP contribution in [0.3, 0.4) is 0 Å². The number of aromatic nitrogens is 2. The maximum atomic E-state index is 12.3. The lowest BCUT2D eigenvalue weighted by molar-refractivity contribution is -0.126. The van der Waals surface area contributed by atoms with Crippen LogP contribution in [-0.2, 0) is 17.6 Å². The minimum Gasteiger partial charge on any atom is -0.492 e. The first-order chi connectivity index (χ1) is 11.1. The van der Waals surface area contributed by atoms with Crippen molar-refractivity contribution in [2.24, 2.45) is 5.92 Å². The Bertz CT molecular complexity index is 681. The van der Waals surface area contributed by atoms with Gasteiger partial charge in [-0.2, -0.15) is 4.98 Å². The Hall–Kier alpha value is -2.37. The quantitative estimate of drug-likeness (QED) is 0.914. The Kier molecular flexibility index (Phi) is 4.60. The summed E-state index contributed by atoms with van der Waals surface area (Å²) in [4.78, 5) is 16.5. The highest BCUT2D eigenvalue weighted by molar-refractivity contribution is 5.79. The van der Waals surface area contributed by atoms with Gasteiger partial charge in [0.25, 0.3) is 0 Å². The average Bonchev–Trinajstić information content (AvgIpc) is 3.03. The molecule has 0 saturated carbocycles. The highest BCUT2D eigenvalue weighted by Crippen LogP contribution is 2.26. The zero-order chi connectivity index (χ0) is 16.2. The highest BCUT2D eigenvalue weighted by Gasteiger charge is 2.25. The number of ether oxygens (including phenoxy) is 1. The smallest absolute Gasteiger partial charge is 0.228 e. The van der Waals surface area contributed by atoms with Crippen molar-refractivity contribution in [1.82, 2.24) is 15.5 Å². The van der Waals surface area contributed by atoms with Crippen molar-refractivity contribution >= 4 is 5.91 Å². The summed E-state index contributed by atoms with van der Waals surface area (Å²) in [6.45, 7) is 4.92. The standard InChI is InChI=1S/C17H21N3O3/c1-11(2)16-19-15(23-20-16)7-8-18-17(21)13-9-12-5-3-4-6-14(12)22-10-13/h3-6,11,13H,7-10H2,1-2H3,(H,18,21)/t13-/m1/s1. The number of carbonyl (C=O) groups excluding carboxylic acids is 1. The second-order valence-corrected chi connectivity index (χ2v) is 6.06. The van der Waals surface area contributed by atoms with E-state index >= 15 is 0 Å². The molecule has 6 heteroatoms. The van der Waals surface area contributed by atoms with Gasteiger partial charge >= 0.3 is 0 Å². The molecule has 1 aromatic carbocycles. The lowest BCUT2D eigenvalue weighted by Crippen LogP contribution is -2.38. The van der Waals surface area contributed by atoms with Crippen LogP contribution in [0.2, 0.25) is 0 Å². The summed E-state index contributed by atoms with van der Waals surface area (Å²) in [6.07, 6.45) is 1.25. The van der Waals surface area contributed by atoms with Gasteiger partial charge in [0.2, 0.25) is 11.8 Å². The van der Waals surface area contributed by atoms with Gasteiger partial charge in [0.05, 0.1) is 5.92 Å². The fourth-order valence-corrected chi connectivity index (χ4v) is 2.54. The summed E-state index contributed by atoms with van der Waals surface area (Å²) < 4.78 is 10.8. The molecule has 2 aromatic rings. The Morgan fingerprint density at radius 3 is 3.00 bits per heavy atom. The number of nitrogens with zero attached hydrogens (tertiary/aromatic N) is 2. The van der Waals surface area contributed by atoms with Gasteiger partial charge in [0.15, 0.2) is 5.82 Å². The van der Waals surface area contributed by atoms with Crippen LogP contribution in [0.15, 0.2) is 28.8 Å². The van der Waals surface area contributed by atoms with E-state index in [1.807, 2.05) is 38.1 Å². The van der Waals surface area contributed by atoms with Crippen LogP contribution in [0.4, 0.5) is 0 Å². The van der Waals surface area contributed by atoms with Crippen molar-refractivity contribution in [2.45, 2.75) is 32.6 Å². The van der Waals surface area contributed by atoms with Gasteiger partial charge < -0.3 is 14.6 Å². The van der Waals surface area contributed by atoms with Gasteiger partial charge in [-0.05, 0) is 18.1 Å². The van der Waals surface area contributed by atoms with Gasteiger partial charge in [0, 0.05) is 18.9 Å². The Labute approximate surface area is 135 Å². The molecular weight excluding hydrogens is 294 g/mol. The molecule has 0 unspecified atom stereocenters. The third kappa shape index (κ3) is 3.70. The molecule has 2 heterocycles. The third-order valence-electron chi connectivity index (χ3n) is 3.89. The molecule has 0 bridgehead atoms. The number of para-hydroxylation sites is 1. The van der Waals surface area contributed by atoms with Gasteiger partial charge in [-0.1, -0.05) is 37.2 Å². The van der Waals surface area contributed by atoms with E-state index in [0.29, 0.717) is 37.7 Å². The maximum Gasteiger partial charge on any atom is 0.228 e. The summed E-state index contributed by atoms with van der Waals surface area (Å²) in [5.41, 5.74) is 1.08. The number of carbonyl (C=O) groups is 1. The Balaban J connectivity index is 1.48. The predicted octanol–water partition coefficient (Wildman–Crippen LogP) is 2.10. The van der Waals surface area contributed by atoms with Crippen LogP contribution in [0.1, 0.15) is 37.0 Å². The molecule has 1 amide bonds. The zero-order valence-corrected chi connectivity index (χ0v) is 13.4. The second kappa shape index (κ2) is 6.81. The van der Waals surface area contributed by atoms with Crippen molar-refractivity contribution < 1.29 is 14.1 Å². The van der Waals surface area contributed by atoms with E-state index in [1.165, 1.54) is 0 Å². The first-order valence-electron chi connectivity index (χ1n) is 7.94. The minimum atomic E-state index is -0.154. The number of hydrogen-bond donors (Lipinski definition) is 1. The number of hydrogen-bond acceptors (Lipinski definition) is 5. The SMILES string of the molecule is CC(C)c1noc(CCNC(=O)[C@H]2COc3ccccc3C2)n1. The number of benzene rings is 1.